The van der Waals surface area contributed by atoms with Crippen molar-refractivity contribution in [3.8, 4) is 0 Å². The molecule has 18 heavy (non-hydrogen) atoms. The summed E-state index contributed by atoms with van der Waals surface area (Å²) in [6.07, 6.45) is 0. The van der Waals surface area contributed by atoms with Crippen LogP contribution in [-0.4, -0.2) is 49.3 Å². The third-order valence-electron chi connectivity index (χ3n) is 3.40. The lowest BCUT2D eigenvalue weighted by molar-refractivity contribution is 0.188. The Morgan fingerprint density at radius 2 is 1.94 bits per heavy atom. The number of benzene rings is 1. The summed E-state index contributed by atoms with van der Waals surface area (Å²) >= 11 is 0. The Balaban J connectivity index is 2.09. The van der Waals surface area contributed by atoms with Crippen molar-refractivity contribution < 1.29 is 9.50 Å². The van der Waals surface area contributed by atoms with E-state index in [1.165, 1.54) is 6.07 Å². The van der Waals surface area contributed by atoms with Crippen LogP contribution < -0.4 is 10.6 Å². The fourth-order valence-corrected chi connectivity index (χ4v) is 2.42. The van der Waals surface area contributed by atoms with E-state index in [-0.39, 0.29) is 12.4 Å². The van der Waals surface area contributed by atoms with Crippen molar-refractivity contribution in [1.29, 1.82) is 0 Å². The summed E-state index contributed by atoms with van der Waals surface area (Å²) in [6, 6.07) is 5.05. The highest BCUT2D eigenvalue weighted by molar-refractivity contribution is 5.55. The summed E-state index contributed by atoms with van der Waals surface area (Å²) in [5.41, 5.74) is 7.16. The Kier molecular flexibility index (Phi) is 4.52. The van der Waals surface area contributed by atoms with E-state index < -0.39 is 0 Å². The van der Waals surface area contributed by atoms with Crippen LogP contribution in [0.25, 0.3) is 0 Å². The van der Waals surface area contributed by atoms with Gasteiger partial charge in [-0.15, -0.1) is 0 Å². The molecule has 0 saturated carbocycles. The van der Waals surface area contributed by atoms with E-state index in [1.54, 1.807) is 6.07 Å². The van der Waals surface area contributed by atoms with Crippen molar-refractivity contribution in [2.24, 2.45) is 5.73 Å². The molecule has 5 heteroatoms. The van der Waals surface area contributed by atoms with Crippen LogP contribution in [0.5, 0.6) is 0 Å². The molecule has 1 aliphatic rings. The second kappa shape index (κ2) is 6.13. The zero-order chi connectivity index (χ0) is 13.0. The Labute approximate surface area is 107 Å². The first kappa shape index (κ1) is 13.3. The van der Waals surface area contributed by atoms with Crippen LogP contribution >= 0.6 is 0 Å². The topological polar surface area (TPSA) is 52.7 Å². The number of rotatable bonds is 4. The first-order chi connectivity index (χ1) is 8.76. The smallest absolute Gasteiger partial charge is 0.146 e. The fourth-order valence-electron chi connectivity index (χ4n) is 2.42. The molecule has 2 rings (SSSR count). The lowest BCUT2D eigenvalue weighted by atomic mass is 10.1. The quantitative estimate of drug-likeness (QED) is 0.815. The maximum atomic E-state index is 13.9. The first-order valence-corrected chi connectivity index (χ1v) is 6.32. The highest BCUT2D eigenvalue weighted by Gasteiger charge is 2.20. The van der Waals surface area contributed by atoms with Gasteiger partial charge in [0.15, 0.2) is 0 Å². The summed E-state index contributed by atoms with van der Waals surface area (Å²) in [4.78, 5) is 4.23. The van der Waals surface area contributed by atoms with Crippen molar-refractivity contribution >= 4 is 5.69 Å². The number of hydrogen-bond acceptors (Lipinski definition) is 4. The van der Waals surface area contributed by atoms with Gasteiger partial charge in [-0.1, -0.05) is 12.1 Å². The Morgan fingerprint density at radius 1 is 1.22 bits per heavy atom. The van der Waals surface area contributed by atoms with Crippen LogP contribution in [0.2, 0.25) is 0 Å². The standard InChI is InChI=1S/C13H20FN3O/c14-12-3-1-2-11(10-15)13(12)17-6-4-16(5-7-17)8-9-18/h1-3,18H,4-10,15H2. The van der Waals surface area contributed by atoms with Crippen molar-refractivity contribution in [3.63, 3.8) is 0 Å². The van der Waals surface area contributed by atoms with Gasteiger partial charge in [-0.3, -0.25) is 4.90 Å². The molecule has 0 aromatic heterocycles. The molecular formula is C13H20FN3O. The fraction of sp³-hybridized carbons (Fsp3) is 0.538. The van der Waals surface area contributed by atoms with Gasteiger partial charge in [0, 0.05) is 39.3 Å². The molecule has 1 aliphatic heterocycles. The average molecular weight is 253 g/mol. The SMILES string of the molecule is NCc1cccc(F)c1N1CCN(CCO)CC1. The maximum Gasteiger partial charge on any atom is 0.146 e. The minimum absolute atomic E-state index is 0.174. The van der Waals surface area contributed by atoms with Gasteiger partial charge in [0.2, 0.25) is 0 Å². The predicted octanol–water partition coefficient (Wildman–Crippen LogP) is 0.399. The molecule has 1 saturated heterocycles. The molecule has 3 N–H and O–H groups in total. The average Bonchev–Trinajstić information content (AvgIpc) is 2.40. The van der Waals surface area contributed by atoms with Gasteiger partial charge < -0.3 is 15.7 Å². The van der Waals surface area contributed by atoms with Crippen molar-refractivity contribution in [3.05, 3.63) is 29.6 Å². The zero-order valence-corrected chi connectivity index (χ0v) is 10.5. The molecule has 1 aromatic rings. The molecule has 0 radical (unpaired) electrons. The number of halogens is 1. The summed E-state index contributed by atoms with van der Waals surface area (Å²) in [5, 5.41) is 8.90. The molecule has 1 aromatic carbocycles. The number of nitrogens with two attached hydrogens (primary N) is 1. The molecule has 4 nitrogen and oxygen atoms in total. The molecule has 100 valence electrons. The van der Waals surface area contributed by atoms with Crippen LogP contribution in [0.1, 0.15) is 5.56 Å². The molecular weight excluding hydrogens is 233 g/mol. The summed E-state index contributed by atoms with van der Waals surface area (Å²) in [5.74, 6) is -0.200. The summed E-state index contributed by atoms with van der Waals surface area (Å²) in [6.45, 7) is 4.45. The van der Waals surface area contributed by atoms with E-state index in [4.69, 9.17) is 10.8 Å². The van der Waals surface area contributed by atoms with Crippen molar-refractivity contribution in [2.75, 3.05) is 44.2 Å². The van der Waals surface area contributed by atoms with Crippen LogP contribution in [0.4, 0.5) is 10.1 Å². The molecule has 0 bridgehead atoms. The zero-order valence-electron chi connectivity index (χ0n) is 10.5. The van der Waals surface area contributed by atoms with Crippen LogP contribution in [-0.2, 0) is 6.54 Å². The van der Waals surface area contributed by atoms with Crippen LogP contribution in [0.15, 0.2) is 18.2 Å². The highest BCUT2D eigenvalue weighted by Crippen LogP contribution is 2.25. The lowest BCUT2D eigenvalue weighted by Crippen LogP contribution is -2.47. The molecule has 0 spiro atoms. The third kappa shape index (κ3) is 2.80. The second-order valence-corrected chi connectivity index (χ2v) is 4.50. The molecule has 0 amide bonds. The summed E-state index contributed by atoms with van der Waals surface area (Å²) in [7, 11) is 0. The first-order valence-electron chi connectivity index (χ1n) is 6.32. The van der Waals surface area contributed by atoms with Gasteiger partial charge in [0.05, 0.1) is 12.3 Å². The molecule has 1 heterocycles. The van der Waals surface area contributed by atoms with Gasteiger partial charge in [-0.25, -0.2) is 4.39 Å². The van der Waals surface area contributed by atoms with E-state index in [2.05, 4.69) is 4.90 Å². The minimum atomic E-state index is -0.200. The molecule has 1 fully saturated rings. The molecule has 0 aliphatic carbocycles. The van der Waals surface area contributed by atoms with Gasteiger partial charge in [0.1, 0.15) is 5.82 Å². The number of β-amino-alcohol motifs (C(OH)–C–C–N with tert-alkyl or cyclic N) is 1. The Hall–Kier alpha value is -1.17. The van der Waals surface area contributed by atoms with Gasteiger partial charge in [0.25, 0.3) is 0 Å². The monoisotopic (exact) mass is 253 g/mol. The highest BCUT2D eigenvalue weighted by atomic mass is 19.1. The maximum absolute atomic E-state index is 13.9. The summed E-state index contributed by atoms with van der Waals surface area (Å²) < 4.78 is 13.9. The van der Waals surface area contributed by atoms with E-state index >= 15 is 0 Å². The largest absolute Gasteiger partial charge is 0.395 e. The molecule has 0 unspecified atom stereocenters. The number of nitrogens with zero attached hydrogens (tertiary/aromatic N) is 2. The Bertz CT molecular complexity index is 392. The van der Waals surface area contributed by atoms with Crippen LogP contribution in [0, 0.1) is 5.82 Å². The molecule has 0 atom stereocenters. The number of aliphatic hydroxyl groups excluding tert-OH is 1. The number of aliphatic hydroxyl groups is 1. The number of para-hydroxylation sites is 1. The number of anilines is 1. The van der Waals surface area contributed by atoms with E-state index in [9.17, 15) is 4.39 Å². The van der Waals surface area contributed by atoms with Gasteiger partial charge in [-0.2, -0.15) is 0 Å². The van der Waals surface area contributed by atoms with Crippen molar-refractivity contribution in [1.82, 2.24) is 4.90 Å². The van der Waals surface area contributed by atoms with Crippen LogP contribution in [0.3, 0.4) is 0 Å². The van der Waals surface area contributed by atoms with Gasteiger partial charge >= 0.3 is 0 Å². The Morgan fingerprint density at radius 3 is 2.56 bits per heavy atom. The van der Waals surface area contributed by atoms with Gasteiger partial charge in [-0.05, 0) is 11.6 Å². The second-order valence-electron chi connectivity index (χ2n) is 4.50. The lowest BCUT2D eigenvalue weighted by Gasteiger charge is -2.36. The van der Waals surface area contributed by atoms with E-state index in [0.717, 1.165) is 31.7 Å². The van der Waals surface area contributed by atoms with E-state index in [1.807, 2.05) is 11.0 Å². The number of hydrogen-bond donors (Lipinski definition) is 2. The predicted molar refractivity (Wildman–Crippen MR) is 70.0 cm³/mol. The van der Waals surface area contributed by atoms with E-state index in [0.29, 0.717) is 18.8 Å². The van der Waals surface area contributed by atoms with Crippen molar-refractivity contribution in [2.45, 2.75) is 6.54 Å². The minimum Gasteiger partial charge on any atom is -0.395 e. The number of piperazine rings is 1. The third-order valence-corrected chi connectivity index (χ3v) is 3.40. The normalized spacial score (nSPS) is 17.2.